The van der Waals surface area contributed by atoms with Crippen LogP contribution in [0, 0.1) is 0 Å². The monoisotopic (exact) mass is 245 g/mol. The molecule has 0 radical (unpaired) electrons. The van der Waals surface area contributed by atoms with E-state index in [-0.39, 0.29) is 11.5 Å². The third-order valence-electron chi connectivity index (χ3n) is 3.43. The summed E-state index contributed by atoms with van der Waals surface area (Å²) in [6, 6.07) is 7.24. The van der Waals surface area contributed by atoms with Crippen molar-refractivity contribution in [1.82, 2.24) is 15.3 Å². The number of H-pyrrole nitrogens is 1. The minimum atomic E-state index is -0.449. The van der Waals surface area contributed by atoms with Crippen LogP contribution < -0.4 is 10.9 Å². The van der Waals surface area contributed by atoms with Gasteiger partial charge in [0.05, 0.1) is 22.9 Å². The summed E-state index contributed by atoms with van der Waals surface area (Å²) >= 11 is 0. The van der Waals surface area contributed by atoms with Gasteiger partial charge < -0.3 is 15.4 Å². The first-order valence-corrected chi connectivity index (χ1v) is 6.13. The molecule has 1 aromatic heterocycles. The Morgan fingerprint density at radius 2 is 2.17 bits per heavy atom. The molecule has 0 spiro atoms. The first kappa shape index (κ1) is 11.4. The molecule has 0 aliphatic carbocycles. The van der Waals surface area contributed by atoms with Crippen LogP contribution in [-0.2, 0) is 0 Å². The molecule has 2 aromatic rings. The number of fused-ring (bicyclic) bond motifs is 1. The van der Waals surface area contributed by atoms with Crippen LogP contribution in [0.4, 0.5) is 0 Å². The number of nitrogens with zero attached hydrogens (tertiary/aromatic N) is 1. The smallest absolute Gasteiger partial charge is 0.258 e. The number of aromatic amines is 1. The minimum absolute atomic E-state index is 0.143. The van der Waals surface area contributed by atoms with Crippen LogP contribution in [0.2, 0.25) is 0 Å². The standard InChI is InChI=1S/C13H15N3O2/c17-11-5-6-14-7-9(11)12-15-10-4-2-1-3-8(10)13(18)16-12/h1-4,9,11,14,17H,5-7H2,(H,15,16,18)/t9-,11-/m0/s1. The Bertz CT molecular complexity index is 623. The molecule has 2 heterocycles. The van der Waals surface area contributed by atoms with Gasteiger partial charge in [0.15, 0.2) is 0 Å². The second kappa shape index (κ2) is 4.51. The maximum Gasteiger partial charge on any atom is 0.258 e. The Morgan fingerprint density at radius 3 is 3.00 bits per heavy atom. The molecule has 1 aliphatic rings. The first-order chi connectivity index (χ1) is 8.75. The number of benzene rings is 1. The number of para-hydroxylation sites is 1. The van der Waals surface area contributed by atoms with Crippen molar-refractivity contribution < 1.29 is 5.11 Å². The van der Waals surface area contributed by atoms with Crippen molar-refractivity contribution in [2.75, 3.05) is 13.1 Å². The summed E-state index contributed by atoms with van der Waals surface area (Å²) in [7, 11) is 0. The minimum Gasteiger partial charge on any atom is -0.392 e. The topological polar surface area (TPSA) is 78.0 Å². The molecule has 18 heavy (non-hydrogen) atoms. The molecular weight excluding hydrogens is 230 g/mol. The average Bonchev–Trinajstić information content (AvgIpc) is 2.39. The molecule has 5 heteroatoms. The fourth-order valence-electron chi connectivity index (χ4n) is 2.40. The van der Waals surface area contributed by atoms with Crippen molar-refractivity contribution in [3.05, 3.63) is 40.4 Å². The molecule has 5 nitrogen and oxygen atoms in total. The lowest BCUT2D eigenvalue weighted by molar-refractivity contribution is 0.111. The van der Waals surface area contributed by atoms with Gasteiger partial charge in [-0.2, -0.15) is 0 Å². The van der Waals surface area contributed by atoms with E-state index in [9.17, 15) is 9.90 Å². The molecule has 3 rings (SSSR count). The van der Waals surface area contributed by atoms with Crippen molar-refractivity contribution in [2.24, 2.45) is 0 Å². The highest BCUT2D eigenvalue weighted by Gasteiger charge is 2.26. The Labute approximate surface area is 104 Å². The van der Waals surface area contributed by atoms with Crippen molar-refractivity contribution in [2.45, 2.75) is 18.4 Å². The van der Waals surface area contributed by atoms with Gasteiger partial charge in [0, 0.05) is 6.54 Å². The quantitative estimate of drug-likeness (QED) is 0.678. The molecular formula is C13H15N3O2. The van der Waals surface area contributed by atoms with Crippen LogP contribution in [0.1, 0.15) is 18.2 Å². The van der Waals surface area contributed by atoms with E-state index in [1.165, 1.54) is 0 Å². The maximum absolute atomic E-state index is 12.0. The van der Waals surface area contributed by atoms with Gasteiger partial charge >= 0.3 is 0 Å². The Balaban J connectivity index is 2.09. The van der Waals surface area contributed by atoms with Gasteiger partial charge in [0.1, 0.15) is 5.82 Å². The van der Waals surface area contributed by atoms with Crippen LogP contribution in [0.3, 0.4) is 0 Å². The molecule has 1 saturated heterocycles. The summed E-state index contributed by atoms with van der Waals surface area (Å²) < 4.78 is 0. The highest BCUT2D eigenvalue weighted by molar-refractivity contribution is 5.77. The number of hydrogen-bond acceptors (Lipinski definition) is 4. The fourth-order valence-corrected chi connectivity index (χ4v) is 2.40. The average molecular weight is 245 g/mol. The second-order valence-electron chi connectivity index (χ2n) is 4.63. The summed E-state index contributed by atoms with van der Waals surface area (Å²) in [6.45, 7) is 1.44. The van der Waals surface area contributed by atoms with Gasteiger partial charge in [-0.3, -0.25) is 4.79 Å². The summed E-state index contributed by atoms with van der Waals surface area (Å²) in [5, 5.41) is 13.8. The third-order valence-corrected chi connectivity index (χ3v) is 3.43. The number of hydrogen-bond donors (Lipinski definition) is 3. The summed E-state index contributed by atoms with van der Waals surface area (Å²) in [4.78, 5) is 19.2. The van der Waals surface area contributed by atoms with Crippen LogP contribution in [-0.4, -0.2) is 34.3 Å². The fraction of sp³-hybridized carbons (Fsp3) is 0.385. The zero-order valence-electron chi connectivity index (χ0n) is 9.89. The molecule has 1 aromatic carbocycles. The Kier molecular flexibility index (Phi) is 2.85. The number of nitrogens with one attached hydrogen (secondary N) is 2. The van der Waals surface area contributed by atoms with Crippen LogP contribution in [0.25, 0.3) is 10.9 Å². The van der Waals surface area contributed by atoms with Crippen LogP contribution >= 0.6 is 0 Å². The summed E-state index contributed by atoms with van der Waals surface area (Å²) in [6.07, 6.45) is 0.233. The van der Waals surface area contributed by atoms with Crippen molar-refractivity contribution in [1.29, 1.82) is 0 Å². The lowest BCUT2D eigenvalue weighted by atomic mass is 9.95. The van der Waals surface area contributed by atoms with Gasteiger partial charge in [-0.15, -0.1) is 0 Å². The number of aromatic nitrogens is 2. The SMILES string of the molecule is O=c1[nH]c([C@H]2CNCC[C@@H]2O)nc2ccccc12. The predicted octanol–water partition coefficient (Wildman–Crippen LogP) is 0.361. The van der Waals surface area contributed by atoms with Gasteiger partial charge in [-0.1, -0.05) is 12.1 Å². The zero-order chi connectivity index (χ0) is 12.5. The zero-order valence-corrected chi connectivity index (χ0v) is 9.89. The van der Waals surface area contributed by atoms with E-state index in [1.807, 2.05) is 18.2 Å². The number of piperidine rings is 1. The van der Waals surface area contributed by atoms with Gasteiger partial charge in [-0.25, -0.2) is 4.98 Å². The van der Waals surface area contributed by atoms with Gasteiger partial charge in [0.25, 0.3) is 5.56 Å². The summed E-state index contributed by atoms with van der Waals surface area (Å²) in [5.41, 5.74) is 0.530. The first-order valence-electron chi connectivity index (χ1n) is 6.13. The number of rotatable bonds is 1. The van der Waals surface area contributed by atoms with E-state index in [0.717, 1.165) is 6.54 Å². The predicted molar refractivity (Wildman–Crippen MR) is 68.6 cm³/mol. The molecule has 0 bridgehead atoms. The summed E-state index contributed by atoms with van der Waals surface area (Å²) in [5.74, 6) is 0.425. The molecule has 1 aliphatic heterocycles. The van der Waals surface area contributed by atoms with Crippen molar-refractivity contribution in [3.63, 3.8) is 0 Å². The van der Waals surface area contributed by atoms with E-state index >= 15 is 0 Å². The largest absolute Gasteiger partial charge is 0.392 e. The van der Waals surface area contributed by atoms with E-state index < -0.39 is 6.10 Å². The van der Waals surface area contributed by atoms with Crippen LogP contribution in [0.15, 0.2) is 29.1 Å². The van der Waals surface area contributed by atoms with Crippen molar-refractivity contribution >= 4 is 10.9 Å². The van der Waals surface area contributed by atoms with E-state index in [4.69, 9.17) is 0 Å². The van der Waals surface area contributed by atoms with Gasteiger partial charge in [-0.05, 0) is 25.1 Å². The molecule has 0 unspecified atom stereocenters. The normalized spacial score (nSPS) is 24.3. The highest BCUT2D eigenvalue weighted by atomic mass is 16.3. The molecule has 0 saturated carbocycles. The third kappa shape index (κ3) is 1.91. The number of aliphatic hydroxyl groups excluding tert-OH is 1. The second-order valence-corrected chi connectivity index (χ2v) is 4.63. The highest BCUT2D eigenvalue weighted by Crippen LogP contribution is 2.21. The lowest BCUT2D eigenvalue weighted by Crippen LogP contribution is -2.39. The van der Waals surface area contributed by atoms with Crippen LogP contribution in [0.5, 0.6) is 0 Å². The molecule has 2 atom stereocenters. The molecule has 94 valence electrons. The Hall–Kier alpha value is -1.72. The lowest BCUT2D eigenvalue weighted by Gasteiger charge is -2.27. The molecule has 1 fully saturated rings. The van der Waals surface area contributed by atoms with Crippen molar-refractivity contribution in [3.8, 4) is 0 Å². The molecule has 0 amide bonds. The maximum atomic E-state index is 12.0. The number of aliphatic hydroxyl groups is 1. The van der Waals surface area contributed by atoms with E-state index in [0.29, 0.717) is 29.7 Å². The van der Waals surface area contributed by atoms with E-state index in [1.54, 1.807) is 6.07 Å². The molecule has 3 N–H and O–H groups in total. The van der Waals surface area contributed by atoms with E-state index in [2.05, 4.69) is 15.3 Å². The van der Waals surface area contributed by atoms with Gasteiger partial charge in [0.2, 0.25) is 0 Å². The Morgan fingerprint density at radius 1 is 1.33 bits per heavy atom.